The Balaban J connectivity index is 2.57. The van der Waals surface area contributed by atoms with Gasteiger partial charge in [-0.1, -0.05) is 59.7 Å². The van der Waals surface area contributed by atoms with Crippen molar-refractivity contribution in [2.45, 2.75) is 47.5 Å². The van der Waals surface area contributed by atoms with Gasteiger partial charge in [0.05, 0.1) is 5.52 Å². The van der Waals surface area contributed by atoms with Crippen LogP contribution in [0.4, 0.5) is 0 Å². The fourth-order valence-electron chi connectivity index (χ4n) is 3.20. The van der Waals surface area contributed by atoms with Crippen LogP contribution in [0.1, 0.15) is 53.3 Å². The molecule has 102 valence electrons. The lowest BCUT2D eigenvalue weighted by Gasteiger charge is -2.39. The summed E-state index contributed by atoms with van der Waals surface area (Å²) < 4.78 is 0. The van der Waals surface area contributed by atoms with Crippen molar-refractivity contribution in [1.29, 1.82) is 0 Å². The Hall–Kier alpha value is -1.44. The van der Waals surface area contributed by atoms with E-state index in [0.717, 1.165) is 16.7 Å². The van der Waals surface area contributed by atoms with Crippen LogP contribution in [-0.2, 0) is 0 Å². The van der Waals surface area contributed by atoms with Crippen molar-refractivity contribution >= 4 is 10.9 Å². The van der Waals surface area contributed by atoms with E-state index in [1.807, 2.05) is 18.3 Å². The third-order valence-corrected chi connectivity index (χ3v) is 3.50. The predicted octanol–water partition coefficient (Wildman–Crippen LogP) is 4.81. The first-order valence-corrected chi connectivity index (χ1v) is 6.91. The number of fused-ring (bicyclic) bond motifs is 1. The summed E-state index contributed by atoms with van der Waals surface area (Å²) in [5, 5.41) is 1.10. The van der Waals surface area contributed by atoms with Gasteiger partial charge in [0, 0.05) is 17.5 Å². The van der Waals surface area contributed by atoms with Gasteiger partial charge >= 0.3 is 0 Å². The molecule has 0 spiro atoms. The molecular weight excluding hydrogens is 232 g/mol. The second-order valence-corrected chi connectivity index (χ2v) is 7.45. The van der Waals surface area contributed by atoms with Crippen LogP contribution < -0.4 is 0 Å². The predicted molar refractivity (Wildman–Crippen MR) is 81.2 cm³/mol. The van der Waals surface area contributed by atoms with E-state index < -0.39 is 0 Å². The van der Waals surface area contributed by atoms with Crippen molar-refractivity contribution in [3.05, 3.63) is 36.3 Å². The SMILES string of the molecule is CC(C)(C)C(c1ncc2ccccc2n1)C(C)(C)C. The first-order chi connectivity index (χ1) is 8.69. The number of para-hydroxylation sites is 1. The number of hydrogen-bond donors (Lipinski definition) is 0. The number of aromatic nitrogens is 2. The van der Waals surface area contributed by atoms with Gasteiger partial charge in [-0.15, -0.1) is 0 Å². The van der Waals surface area contributed by atoms with Gasteiger partial charge in [0.25, 0.3) is 0 Å². The smallest absolute Gasteiger partial charge is 0.133 e. The van der Waals surface area contributed by atoms with Crippen LogP contribution in [0, 0.1) is 10.8 Å². The second-order valence-electron chi connectivity index (χ2n) is 7.45. The number of rotatable bonds is 1. The van der Waals surface area contributed by atoms with Crippen LogP contribution in [0.15, 0.2) is 30.5 Å². The van der Waals surface area contributed by atoms with Crippen LogP contribution in [0.5, 0.6) is 0 Å². The summed E-state index contributed by atoms with van der Waals surface area (Å²) in [7, 11) is 0. The summed E-state index contributed by atoms with van der Waals surface area (Å²) in [6.07, 6.45) is 1.95. The Labute approximate surface area is 116 Å². The van der Waals surface area contributed by atoms with Crippen molar-refractivity contribution in [3.63, 3.8) is 0 Å². The summed E-state index contributed by atoms with van der Waals surface area (Å²) in [5.74, 6) is 1.28. The van der Waals surface area contributed by atoms with Gasteiger partial charge in [-0.3, -0.25) is 0 Å². The molecule has 0 bridgehead atoms. The van der Waals surface area contributed by atoms with E-state index >= 15 is 0 Å². The third kappa shape index (κ3) is 2.94. The standard InChI is InChI=1S/C17H24N2/c1-16(2,3)14(17(4,5)6)15-18-11-12-9-7-8-10-13(12)19-15/h7-11,14H,1-6H3. The van der Waals surface area contributed by atoms with Gasteiger partial charge in [-0.05, 0) is 16.9 Å². The van der Waals surface area contributed by atoms with Crippen LogP contribution in [0.2, 0.25) is 0 Å². The maximum absolute atomic E-state index is 4.80. The Morgan fingerprint density at radius 2 is 1.47 bits per heavy atom. The molecule has 2 nitrogen and oxygen atoms in total. The normalized spacial score (nSPS) is 13.2. The van der Waals surface area contributed by atoms with Gasteiger partial charge in [0.1, 0.15) is 5.82 Å². The summed E-state index contributed by atoms with van der Waals surface area (Å²) in [5.41, 5.74) is 1.31. The highest BCUT2D eigenvalue weighted by Gasteiger charge is 2.38. The fraction of sp³-hybridized carbons (Fsp3) is 0.529. The largest absolute Gasteiger partial charge is 0.240 e. The van der Waals surface area contributed by atoms with Gasteiger partial charge in [0.2, 0.25) is 0 Å². The number of nitrogens with zero attached hydrogens (tertiary/aromatic N) is 2. The van der Waals surface area contributed by atoms with Crippen molar-refractivity contribution in [2.24, 2.45) is 10.8 Å². The molecule has 0 aliphatic rings. The van der Waals surface area contributed by atoms with Gasteiger partial charge < -0.3 is 0 Å². The first-order valence-electron chi connectivity index (χ1n) is 6.91. The molecule has 1 aromatic heterocycles. The van der Waals surface area contributed by atoms with Gasteiger partial charge in [-0.2, -0.15) is 0 Å². The topological polar surface area (TPSA) is 25.8 Å². The maximum atomic E-state index is 4.80. The lowest BCUT2D eigenvalue weighted by Crippen LogP contribution is -2.31. The molecule has 2 rings (SSSR count). The summed E-state index contributed by atoms with van der Waals surface area (Å²) in [6.45, 7) is 13.6. The fourth-order valence-corrected chi connectivity index (χ4v) is 3.20. The average Bonchev–Trinajstić information content (AvgIpc) is 2.25. The molecule has 0 unspecified atom stereocenters. The molecule has 2 aromatic rings. The number of hydrogen-bond acceptors (Lipinski definition) is 2. The minimum absolute atomic E-state index is 0.140. The van der Waals surface area contributed by atoms with Crippen LogP contribution >= 0.6 is 0 Å². The van der Waals surface area contributed by atoms with E-state index in [1.165, 1.54) is 0 Å². The maximum Gasteiger partial charge on any atom is 0.133 e. The van der Waals surface area contributed by atoms with Crippen LogP contribution in [0.25, 0.3) is 10.9 Å². The Kier molecular flexibility index (Phi) is 3.38. The van der Waals surface area contributed by atoms with E-state index in [-0.39, 0.29) is 10.8 Å². The van der Waals surface area contributed by atoms with Crippen molar-refractivity contribution in [3.8, 4) is 0 Å². The summed E-state index contributed by atoms with van der Waals surface area (Å²) in [6, 6.07) is 8.17. The van der Waals surface area contributed by atoms with Crippen LogP contribution in [-0.4, -0.2) is 9.97 Å². The number of benzene rings is 1. The molecule has 0 aliphatic carbocycles. The zero-order valence-electron chi connectivity index (χ0n) is 12.9. The first kappa shape index (κ1) is 14.0. The van der Waals surface area contributed by atoms with Crippen LogP contribution in [0.3, 0.4) is 0 Å². The zero-order chi connectivity index (χ0) is 14.3. The zero-order valence-corrected chi connectivity index (χ0v) is 12.9. The van der Waals surface area contributed by atoms with E-state index in [4.69, 9.17) is 4.98 Å². The molecule has 0 saturated carbocycles. The quantitative estimate of drug-likeness (QED) is 0.732. The molecule has 0 amide bonds. The van der Waals surface area contributed by atoms with Crippen molar-refractivity contribution < 1.29 is 0 Å². The minimum Gasteiger partial charge on any atom is -0.240 e. The molecule has 19 heavy (non-hydrogen) atoms. The average molecular weight is 256 g/mol. The van der Waals surface area contributed by atoms with E-state index in [2.05, 4.69) is 58.7 Å². The highest BCUT2D eigenvalue weighted by atomic mass is 14.9. The van der Waals surface area contributed by atoms with Gasteiger partial charge in [0.15, 0.2) is 0 Å². The van der Waals surface area contributed by atoms with Crippen molar-refractivity contribution in [2.75, 3.05) is 0 Å². The Bertz CT molecular complexity index is 560. The monoisotopic (exact) mass is 256 g/mol. The van der Waals surface area contributed by atoms with Gasteiger partial charge in [-0.25, -0.2) is 9.97 Å². The van der Waals surface area contributed by atoms with Crippen molar-refractivity contribution in [1.82, 2.24) is 9.97 Å². The molecule has 1 aromatic carbocycles. The third-order valence-electron chi connectivity index (χ3n) is 3.50. The molecule has 2 heteroatoms. The molecular formula is C17H24N2. The summed E-state index contributed by atoms with van der Waals surface area (Å²) >= 11 is 0. The molecule has 0 atom stereocenters. The van der Waals surface area contributed by atoms with E-state index in [0.29, 0.717) is 5.92 Å². The lowest BCUT2D eigenvalue weighted by atomic mass is 9.66. The van der Waals surface area contributed by atoms with E-state index in [1.54, 1.807) is 0 Å². The summed E-state index contributed by atoms with van der Waals surface area (Å²) in [4.78, 5) is 9.43. The molecule has 0 radical (unpaired) electrons. The highest BCUT2D eigenvalue weighted by molar-refractivity contribution is 5.77. The second kappa shape index (κ2) is 4.59. The highest BCUT2D eigenvalue weighted by Crippen LogP contribution is 2.46. The molecule has 0 fully saturated rings. The Morgan fingerprint density at radius 1 is 0.895 bits per heavy atom. The molecule has 1 heterocycles. The lowest BCUT2D eigenvalue weighted by molar-refractivity contribution is 0.168. The minimum atomic E-state index is 0.140. The van der Waals surface area contributed by atoms with E-state index in [9.17, 15) is 0 Å². The molecule has 0 aliphatic heterocycles. The Morgan fingerprint density at radius 3 is 2.05 bits per heavy atom. The molecule has 0 saturated heterocycles. The molecule has 0 N–H and O–H groups in total.